The summed E-state index contributed by atoms with van der Waals surface area (Å²) in [6.07, 6.45) is 0.477. The Morgan fingerprint density at radius 3 is 2.54 bits per heavy atom. The van der Waals surface area contributed by atoms with Gasteiger partial charge in [-0.2, -0.15) is 4.72 Å². The maximum atomic E-state index is 13.2. The molecule has 10 heteroatoms. The van der Waals surface area contributed by atoms with E-state index < -0.39 is 27.0 Å². The molecule has 1 N–H and O–H groups in total. The van der Waals surface area contributed by atoms with E-state index >= 15 is 0 Å². The van der Waals surface area contributed by atoms with Crippen molar-refractivity contribution in [2.24, 2.45) is 0 Å². The van der Waals surface area contributed by atoms with Crippen molar-refractivity contribution in [2.45, 2.75) is 30.7 Å². The summed E-state index contributed by atoms with van der Waals surface area (Å²) in [6.45, 7) is 1.66. The van der Waals surface area contributed by atoms with E-state index in [2.05, 4.69) is 4.72 Å². The molecule has 0 fully saturated rings. The van der Waals surface area contributed by atoms with Crippen molar-refractivity contribution in [3.63, 3.8) is 0 Å². The Morgan fingerprint density at radius 2 is 1.83 bits per heavy atom. The third kappa shape index (κ3) is 5.03. The summed E-state index contributed by atoms with van der Waals surface area (Å²) in [6, 6.07) is 15.7. The number of fused-ring (bicyclic) bond motifs is 3. The minimum Gasteiger partial charge on any atom is -0.490 e. The average Bonchev–Trinajstić information content (AvgIpc) is 3.21. The molecule has 1 aliphatic rings. The first kappa shape index (κ1) is 24.4. The zero-order valence-electron chi connectivity index (χ0n) is 19.2. The molecule has 0 amide bonds. The van der Waals surface area contributed by atoms with Crippen molar-refractivity contribution in [3.05, 3.63) is 87.5 Å². The molecule has 9 nitrogen and oxygen atoms in total. The van der Waals surface area contributed by atoms with Crippen LogP contribution in [0.5, 0.6) is 5.75 Å². The molecule has 1 atom stereocenters. The lowest BCUT2D eigenvalue weighted by Gasteiger charge is -2.18. The van der Waals surface area contributed by atoms with Crippen molar-refractivity contribution in [1.29, 1.82) is 0 Å². The number of sulfonamides is 1. The van der Waals surface area contributed by atoms with Gasteiger partial charge in [0.15, 0.2) is 5.75 Å². The van der Waals surface area contributed by atoms with Gasteiger partial charge in [-0.3, -0.25) is 14.9 Å². The molecule has 35 heavy (non-hydrogen) atoms. The Labute approximate surface area is 202 Å². The third-order valence-corrected chi connectivity index (χ3v) is 7.29. The predicted octanol–water partition coefficient (Wildman–Crippen LogP) is 3.63. The van der Waals surface area contributed by atoms with E-state index in [1.54, 1.807) is 25.1 Å². The van der Waals surface area contributed by atoms with Crippen molar-refractivity contribution in [1.82, 2.24) is 4.72 Å². The van der Waals surface area contributed by atoms with Crippen molar-refractivity contribution in [3.8, 4) is 16.9 Å². The highest BCUT2D eigenvalue weighted by Crippen LogP contribution is 2.37. The second-order valence-electron chi connectivity index (χ2n) is 8.05. The van der Waals surface area contributed by atoms with Crippen LogP contribution >= 0.6 is 0 Å². The molecule has 3 aromatic rings. The zero-order valence-corrected chi connectivity index (χ0v) is 20.0. The molecule has 182 valence electrons. The van der Waals surface area contributed by atoms with E-state index in [9.17, 15) is 23.3 Å². The summed E-state index contributed by atoms with van der Waals surface area (Å²) < 4.78 is 39.0. The Morgan fingerprint density at radius 1 is 1.09 bits per heavy atom. The maximum absolute atomic E-state index is 13.2. The number of rotatable bonds is 9. The number of nitro groups is 1. The molecular formula is C25H24N2O7S. The molecule has 0 aliphatic heterocycles. The molecule has 0 heterocycles. The van der Waals surface area contributed by atoms with Gasteiger partial charge in [0.05, 0.1) is 23.5 Å². The Hall–Kier alpha value is -3.76. The van der Waals surface area contributed by atoms with E-state index in [0.717, 1.165) is 22.3 Å². The van der Waals surface area contributed by atoms with Crippen molar-refractivity contribution >= 4 is 21.7 Å². The van der Waals surface area contributed by atoms with Crippen LogP contribution in [0.1, 0.15) is 23.6 Å². The lowest BCUT2D eigenvalue weighted by Crippen LogP contribution is -2.43. The molecule has 0 saturated carbocycles. The SMILES string of the molecule is CCOC(=O)C(Cc1ccc(OC)c([N+](=O)[O-])c1)NS(=O)(=O)c1ccc2c(c1)Cc1ccccc1-2. The molecule has 0 radical (unpaired) electrons. The third-order valence-electron chi connectivity index (χ3n) is 5.82. The van der Waals surface area contributed by atoms with Crippen LogP contribution in [0, 0.1) is 10.1 Å². The molecule has 3 aromatic carbocycles. The monoisotopic (exact) mass is 496 g/mol. The summed E-state index contributed by atoms with van der Waals surface area (Å²) in [5, 5.41) is 11.4. The molecule has 4 rings (SSSR count). The van der Waals surface area contributed by atoms with Crippen LogP contribution in [-0.2, 0) is 32.4 Å². The first-order valence-corrected chi connectivity index (χ1v) is 12.4. The molecule has 0 saturated heterocycles. The van der Waals surface area contributed by atoms with E-state index in [-0.39, 0.29) is 29.4 Å². The number of benzene rings is 3. The minimum atomic E-state index is -4.10. The normalized spacial score (nSPS) is 13.0. The van der Waals surface area contributed by atoms with E-state index in [1.807, 2.05) is 24.3 Å². The van der Waals surface area contributed by atoms with Crippen molar-refractivity contribution in [2.75, 3.05) is 13.7 Å². The highest BCUT2D eigenvalue weighted by Gasteiger charge is 2.29. The molecule has 0 aromatic heterocycles. The van der Waals surface area contributed by atoms with Gasteiger partial charge in [-0.1, -0.05) is 36.4 Å². The fraction of sp³-hybridized carbons (Fsp3) is 0.240. The number of carbonyl (C=O) groups excluding carboxylic acids is 1. The number of methoxy groups -OCH3 is 1. The number of hydrogen-bond donors (Lipinski definition) is 1. The summed E-state index contributed by atoms with van der Waals surface area (Å²) in [7, 11) is -2.79. The summed E-state index contributed by atoms with van der Waals surface area (Å²) in [4.78, 5) is 23.4. The van der Waals surface area contributed by atoms with Crippen LogP contribution in [0.15, 0.2) is 65.6 Å². The van der Waals surface area contributed by atoms with Crippen LogP contribution in [0.4, 0.5) is 5.69 Å². The second-order valence-corrected chi connectivity index (χ2v) is 9.76. The number of carbonyl (C=O) groups is 1. The van der Waals surface area contributed by atoms with Crippen LogP contribution in [-0.4, -0.2) is 39.1 Å². The minimum absolute atomic E-state index is 0.0269. The number of ether oxygens (including phenoxy) is 2. The Bertz CT molecular complexity index is 1400. The fourth-order valence-electron chi connectivity index (χ4n) is 4.20. The number of nitro benzene ring substituents is 1. The Kier molecular flexibility index (Phi) is 6.86. The van der Waals surface area contributed by atoms with Crippen LogP contribution < -0.4 is 9.46 Å². The molecule has 1 aliphatic carbocycles. The number of hydrogen-bond acceptors (Lipinski definition) is 7. The van der Waals surface area contributed by atoms with Gasteiger partial charge in [-0.25, -0.2) is 8.42 Å². The largest absolute Gasteiger partial charge is 0.490 e. The fourth-order valence-corrected chi connectivity index (χ4v) is 5.44. The predicted molar refractivity (Wildman–Crippen MR) is 129 cm³/mol. The smallest absolute Gasteiger partial charge is 0.324 e. The van der Waals surface area contributed by atoms with Gasteiger partial charge < -0.3 is 9.47 Å². The summed E-state index contributed by atoms with van der Waals surface area (Å²) in [5.74, 6) is -0.714. The zero-order chi connectivity index (χ0) is 25.2. The summed E-state index contributed by atoms with van der Waals surface area (Å²) >= 11 is 0. The van der Waals surface area contributed by atoms with E-state index in [0.29, 0.717) is 12.0 Å². The maximum Gasteiger partial charge on any atom is 0.324 e. The summed E-state index contributed by atoms with van der Waals surface area (Å²) in [5.41, 5.74) is 4.15. The number of nitrogens with one attached hydrogen (secondary N) is 1. The molecule has 0 bridgehead atoms. The highest BCUT2D eigenvalue weighted by molar-refractivity contribution is 7.89. The van der Waals surface area contributed by atoms with Gasteiger partial charge in [0.1, 0.15) is 6.04 Å². The Balaban J connectivity index is 1.61. The molecule has 0 spiro atoms. The standard InChI is InChI=1S/C25H24N2O7S/c1-3-34-25(28)22(12-16-8-11-24(33-2)23(13-16)27(29)30)26-35(31,32)19-9-10-21-18(15-19)14-17-6-4-5-7-20(17)21/h4-11,13,15,22,26H,3,12,14H2,1-2H3. The lowest BCUT2D eigenvalue weighted by atomic mass is 10.1. The topological polar surface area (TPSA) is 125 Å². The highest BCUT2D eigenvalue weighted by atomic mass is 32.2. The average molecular weight is 497 g/mol. The van der Waals surface area contributed by atoms with Gasteiger partial charge in [0, 0.05) is 6.07 Å². The van der Waals surface area contributed by atoms with E-state index in [4.69, 9.17) is 9.47 Å². The van der Waals surface area contributed by atoms with Crippen molar-refractivity contribution < 1.29 is 27.6 Å². The van der Waals surface area contributed by atoms with Gasteiger partial charge in [0.2, 0.25) is 10.0 Å². The van der Waals surface area contributed by atoms with Gasteiger partial charge in [-0.05, 0) is 65.8 Å². The lowest BCUT2D eigenvalue weighted by molar-refractivity contribution is -0.385. The first-order valence-electron chi connectivity index (χ1n) is 10.9. The van der Waals surface area contributed by atoms with Crippen LogP contribution in [0.25, 0.3) is 11.1 Å². The number of nitrogens with zero attached hydrogens (tertiary/aromatic N) is 1. The van der Waals surface area contributed by atoms with E-state index in [1.165, 1.54) is 25.3 Å². The van der Waals surface area contributed by atoms with Gasteiger partial charge in [0.25, 0.3) is 0 Å². The van der Waals surface area contributed by atoms with Crippen LogP contribution in [0.2, 0.25) is 0 Å². The second kappa shape index (κ2) is 9.85. The molecular weight excluding hydrogens is 472 g/mol. The quantitative estimate of drug-likeness (QED) is 0.213. The van der Waals surface area contributed by atoms with Gasteiger partial charge >= 0.3 is 11.7 Å². The van der Waals surface area contributed by atoms with Crippen LogP contribution in [0.3, 0.4) is 0 Å². The number of esters is 1. The molecule has 1 unspecified atom stereocenters. The van der Waals surface area contributed by atoms with Gasteiger partial charge in [-0.15, -0.1) is 0 Å². The first-order chi connectivity index (χ1) is 16.7.